The number of likely N-dealkylation sites (tertiary alicyclic amines) is 1. The van der Waals surface area contributed by atoms with Crippen LogP contribution in [0.5, 0.6) is 0 Å². The summed E-state index contributed by atoms with van der Waals surface area (Å²) in [6.45, 7) is 2.06. The Hall–Kier alpha value is -1.10. The normalized spacial score (nSPS) is 37.0. The van der Waals surface area contributed by atoms with Crippen molar-refractivity contribution in [1.82, 2.24) is 4.90 Å². The number of hydrogen-bond donors (Lipinski definition) is 2. The maximum absolute atomic E-state index is 12.2. The number of carboxylic acids is 1. The van der Waals surface area contributed by atoms with Gasteiger partial charge in [-0.15, -0.1) is 0 Å². The summed E-state index contributed by atoms with van der Waals surface area (Å²) in [5, 5.41) is 19.1. The van der Waals surface area contributed by atoms with Gasteiger partial charge in [-0.25, -0.2) is 4.79 Å². The molecule has 2 aliphatic carbocycles. The molecule has 2 N–H and O–H groups in total. The summed E-state index contributed by atoms with van der Waals surface area (Å²) >= 11 is 0. The molecule has 3 fully saturated rings. The van der Waals surface area contributed by atoms with Crippen LogP contribution in [0.25, 0.3) is 0 Å². The Bertz CT molecular complexity index is 404. The van der Waals surface area contributed by atoms with Gasteiger partial charge in [0.05, 0.1) is 0 Å². The first-order valence-corrected chi connectivity index (χ1v) is 6.64. The van der Waals surface area contributed by atoms with E-state index < -0.39 is 18.1 Å². The molecule has 1 heterocycles. The maximum atomic E-state index is 12.2. The van der Waals surface area contributed by atoms with E-state index in [1.54, 1.807) is 0 Å². The van der Waals surface area contributed by atoms with Gasteiger partial charge in [-0.1, -0.05) is 6.92 Å². The summed E-state index contributed by atoms with van der Waals surface area (Å²) in [4.78, 5) is 24.8. The first kappa shape index (κ1) is 12.0. The minimum absolute atomic E-state index is 0.0697. The predicted octanol–water partition coefficient (Wildman–Crippen LogP) is 0.611. The van der Waals surface area contributed by atoms with Gasteiger partial charge in [-0.05, 0) is 43.4 Å². The van der Waals surface area contributed by atoms with Gasteiger partial charge in [0, 0.05) is 6.04 Å². The number of aliphatic hydroxyl groups is 1. The van der Waals surface area contributed by atoms with Crippen LogP contribution < -0.4 is 0 Å². The number of fused-ring (bicyclic) bond motifs is 1. The zero-order chi connectivity index (χ0) is 13.1. The van der Waals surface area contributed by atoms with Crippen molar-refractivity contribution < 1.29 is 19.8 Å². The van der Waals surface area contributed by atoms with E-state index in [0.29, 0.717) is 18.8 Å². The lowest BCUT2D eigenvalue weighted by molar-refractivity contribution is -0.153. The van der Waals surface area contributed by atoms with E-state index in [4.69, 9.17) is 5.11 Å². The minimum atomic E-state index is -1.03. The summed E-state index contributed by atoms with van der Waals surface area (Å²) in [7, 11) is 0. The Morgan fingerprint density at radius 1 is 1.39 bits per heavy atom. The van der Waals surface area contributed by atoms with Crippen LogP contribution in [0, 0.1) is 11.3 Å². The van der Waals surface area contributed by atoms with Crippen LogP contribution in [-0.4, -0.2) is 45.2 Å². The van der Waals surface area contributed by atoms with Gasteiger partial charge in [-0.3, -0.25) is 4.79 Å². The molecule has 0 radical (unpaired) electrons. The number of rotatable bonds is 4. The molecule has 0 spiro atoms. The van der Waals surface area contributed by atoms with E-state index in [-0.39, 0.29) is 17.4 Å². The van der Waals surface area contributed by atoms with Crippen molar-refractivity contribution in [3.05, 3.63) is 0 Å². The fourth-order valence-corrected chi connectivity index (χ4v) is 3.14. The standard InChI is InChI=1S/C13H19NO4/c1-13(2-3-13)6-10(15)11(16)14-8-4-7(8)5-9(14)12(17)18/h7-10,15H,2-6H2,1H3,(H,17,18)/t7-,8-,9-,10+/m0/s1. The van der Waals surface area contributed by atoms with Crippen molar-refractivity contribution in [2.24, 2.45) is 11.3 Å². The Morgan fingerprint density at radius 2 is 2.06 bits per heavy atom. The topological polar surface area (TPSA) is 77.8 Å². The second kappa shape index (κ2) is 3.70. The van der Waals surface area contributed by atoms with Gasteiger partial charge < -0.3 is 15.1 Å². The second-order valence-electron chi connectivity index (χ2n) is 6.43. The van der Waals surface area contributed by atoms with E-state index in [2.05, 4.69) is 6.92 Å². The number of piperidine rings is 1. The van der Waals surface area contributed by atoms with Gasteiger partial charge in [0.25, 0.3) is 5.91 Å². The number of nitrogens with zero attached hydrogens (tertiary/aromatic N) is 1. The molecular formula is C13H19NO4. The van der Waals surface area contributed by atoms with E-state index >= 15 is 0 Å². The molecule has 1 aliphatic heterocycles. The summed E-state index contributed by atoms with van der Waals surface area (Å²) in [6.07, 6.45) is 2.98. The van der Waals surface area contributed by atoms with Crippen LogP contribution in [0.2, 0.25) is 0 Å². The Labute approximate surface area is 106 Å². The largest absolute Gasteiger partial charge is 0.480 e. The number of amides is 1. The van der Waals surface area contributed by atoms with Crippen molar-refractivity contribution in [1.29, 1.82) is 0 Å². The van der Waals surface area contributed by atoms with E-state index in [0.717, 1.165) is 19.3 Å². The van der Waals surface area contributed by atoms with E-state index in [1.165, 1.54) is 4.90 Å². The number of hydrogen-bond acceptors (Lipinski definition) is 3. The minimum Gasteiger partial charge on any atom is -0.480 e. The first-order valence-electron chi connectivity index (χ1n) is 6.64. The highest BCUT2D eigenvalue weighted by Gasteiger charge is 2.57. The number of carbonyl (C=O) groups is 2. The lowest BCUT2D eigenvalue weighted by atomic mass is 10.00. The highest BCUT2D eigenvalue weighted by molar-refractivity contribution is 5.88. The Kier molecular flexibility index (Phi) is 2.46. The molecule has 18 heavy (non-hydrogen) atoms. The molecule has 0 aromatic heterocycles. The number of carbonyl (C=O) groups excluding carboxylic acids is 1. The van der Waals surface area contributed by atoms with E-state index in [1.807, 2.05) is 0 Å². The van der Waals surface area contributed by atoms with Gasteiger partial charge in [0.2, 0.25) is 0 Å². The molecule has 3 aliphatic rings. The van der Waals surface area contributed by atoms with Crippen molar-refractivity contribution in [3.8, 4) is 0 Å². The average molecular weight is 253 g/mol. The maximum Gasteiger partial charge on any atom is 0.326 e. The molecule has 2 saturated carbocycles. The molecule has 0 bridgehead atoms. The highest BCUT2D eigenvalue weighted by atomic mass is 16.4. The van der Waals surface area contributed by atoms with Crippen LogP contribution >= 0.6 is 0 Å². The lowest BCUT2D eigenvalue weighted by Gasteiger charge is -2.27. The SMILES string of the molecule is CC1(C[C@@H](O)C(=O)N2[C@H](C(=O)O)C[C@@H]3C[C@@H]32)CC1. The zero-order valence-electron chi connectivity index (χ0n) is 10.5. The molecule has 1 amide bonds. The zero-order valence-corrected chi connectivity index (χ0v) is 10.5. The number of carboxylic acid groups (broad SMARTS) is 1. The third-order valence-electron chi connectivity index (χ3n) is 4.72. The lowest BCUT2D eigenvalue weighted by Crippen LogP contribution is -2.48. The van der Waals surface area contributed by atoms with E-state index in [9.17, 15) is 14.7 Å². The van der Waals surface area contributed by atoms with Crippen molar-refractivity contribution in [2.75, 3.05) is 0 Å². The molecule has 1 saturated heterocycles. The smallest absolute Gasteiger partial charge is 0.326 e. The van der Waals surface area contributed by atoms with Crippen LogP contribution in [0.15, 0.2) is 0 Å². The molecular weight excluding hydrogens is 234 g/mol. The van der Waals surface area contributed by atoms with Gasteiger partial charge in [-0.2, -0.15) is 0 Å². The van der Waals surface area contributed by atoms with Gasteiger partial charge in [0.15, 0.2) is 0 Å². The summed E-state index contributed by atoms with van der Waals surface area (Å²) in [5.41, 5.74) is 0.0937. The molecule has 5 heteroatoms. The molecule has 4 atom stereocenters. The van der Waals surface area contributed by atoms with Crippen molar-refractivity contribution >= 4 is 11.9 Å². The van der Waals surface area contributed by atoms with Crippen molar-refractivity contribution in [3.63, 3.8) is 0 Å². The number of aliphatic carboxylic acids is 1. The van der Waals surface area contributed by atoms with Crippen LogP contribution in [-0.2, 0) is 9.59 Å². The fourth-order valence-electron chi connectivity index (χ4n) is 3.14. The quantitative estimate of drug-likeness (QED) is 0.769. The van der Waals surface area contributed by atoms with Gasteiger partial charge in [0.1, 0.15) is 12.1 Å². The first-order chi connectivity index (χ1) is 8.41. The second-order valence-corrected chi connectivity index (χ2v) is 6.43. The fraction of sp³-hybridized carbons (Fsp3) is 0.846. The molecule has 0 unspecified atom stereocenters. The Balaban J connectivity index is 1.68. The third-order valence-corrected chi connectivity index (χ3v) is 4.72. The van der Waals surface area contributed by atoms with Crippen LogP contribution in [0.4, 0.5) is 0 Å². The van der Waals surface area contributed by atoms with Crippen LogP contribution in [0.3, 0.4) is 0 Å². The molecule has 100 valence electrons. The summed E-state index contributed by atoms with van der Waals surface area (Å²) < 4.78 is 0. The molecule has 0 aromatic rings. The monoisotopic (exact) mass is 253 g/mol. The molecule has 5 nitrogen and oxygen atoms in total. The number of aliphatic hydroxyl groups excluding tert-OH is 1. The predicted molar refractivity (Wildman–Crippen MR) is 62.7 cm³/mol. The molecule has 0 aromatic carbocycles. The summed E-state index contributed by atoms with van der Waals surface area (Å²) in [6, 6.07) is -0.650. The highest BCUT2D eigenvalue weighted by Crippen LogP contribution is 2.51. The van der Waals surface area contributed by atoms with Gasteiger partial charge >= 0.3 is 5.97 Å². The molecule has 3 rings (SSSR count). The summed E-state index contributed by atoms with van der Waals surface area (Å²) in [5.74, 6) is -0.973. The Morgan fingerprint density at radius 3 is 2.61 bits per heavy atom. The average Bonchev–Trinajstić information content (AvgIpc) is 3.18. The van der Waals surface area contributed by atoms with Crippen molar-refractivity contribution in [2.45, 2.75) is 57.2 Å². The third kappa shape index (κ3) is 1.90. The van der Waals surface area contributed by atoms with Crippen LogP contribution in [0.1, 0.15) is 39.0 Å².